The van der Waals surface area contributed by atoms with Crippen LogP contribution < -0.4 is 0 Å². The van der Waals surface area contributed by atoms with Gasteiger partial charge in [0.15, 0.2) is 0 Å². The first-order valence-electron chi connectivity index (χ1n) is 6.32. The number of rotatable bonds is 6. The van der Waals surface area contributed by atoms with Gasteiger partial charge < -0.3 is 9.47 Å². The Morgan fingerprint density at radius 3 is 2.25 bits per heavy atom. The summed E-state index contributed by atoms with van der Waals surface area (Å²) in [6.07, 6.45) is 8.48. The van der Waals surface area contributed by atoms with Gasteiger partial charge >= 0.3 is 0 Å². The lowest BCUT2D eigenvalue weighted by atomic mass is 9.65. The van der Waals surface area contributed by atoms with Gasteiger partial charge in [-0.05, 0) is 31.1 Å². The van der Waals surface area contributed by atoms with E-state index in [4.69, 9.17) is 9.47 Å². The lowest BCUT2D eigenvalue weighted by molar-refractivity contribution is -0.0516. The molecule has 1 rings (SSSR count). The molecule has 1 atom stereocenters. The maximum Gasteiger partial charge on any atom is 0.0548 e. The normalized spacial score (nSPS) is 21.7. The van der Waals surface area contributed by atoms with Crippen LogP contribution >= 0.6 is 0 Å². The van der Waals surface area contributed by atoms with E-state index in [0.717, 1.165) is 13.2 Å². The van der Waals surface area contributed by atoms with E-state index < -0.39 is 0 Å². The van der Waals surface area contributed by atoms with Gasteiger partial charge in [-0.25, -0.2) is 0 Å². The molecule has 16 heavy (non-hydrogen) atoms. The Labute approximate surface area is 100 Å². The summed E-state index contributed by atoms with van der Waals surface area (Å²) in [4.78, 5) is 0. The highest BCUT2D eigenvalue weighted by atomic mass is 16.5. The van der Waals surface area contributed by atoms with Crippen molar-refractivity contribution in [1.29, 1.82) is 0 Å². The summed E-state index contributed by atoms with van der Waals surface area (Å²) in [6, 6.07) is 0. The van der Waals surface area contributed by atoms with E-state index in [1.807, 2.05) is 0 Å². The molecule has 0 spiro atoms. The summed E-state index contributed by atoms with van der Waals surface area (Å²) < 4.78 is 10.9. The van der Waals surface area contributed by atoms with Gasteiger partial charge in [-0.2, -0.15) is 0 Å². The minimum Gasteiger partial charge on any atom is -0.384 e. The first-order valence-corrected chi connectivity index (χ1v) is 6.32. The zero-order valence-electron chi connectivity index (χ0n) is 11.2. The molecule has 0 bridgehead atoms. The predicted molar refractivity (Wildman–Crippen MR) is 67.5 cm³/mol. The van der Waals surface area contributed by atoms with Crippen LogP contribution in [0.3, 0.4) is 0 Å². The summed E-state index contributed by atoms with van der Waals surface area (Å²) in [6.45, 7) is 6.13. The van der Waals surface area contributed by atoms with Crippen LogP contribution in [0, 0.1) is 17.3 Å². The summed E-state index contributed by atoms with van der Waals surface area (Å²) >= 11 is 0. The largest absolute Gasteiger partial charge is 0.384 e. The summed E-state index contributed by atoms with van der Waals surface area (Å²) in [5.41, 5.74) is 0.139. The van der Waals surface area contributed by atoms with Crippen molar-refractivity contribution < 1.29 is 9.47 Å². The third-order valence-corrected chi connectivity index (χ3v) is 3.97. The molecule has 0 saturated heterocycles. The van der Waals surface area contributed by atoms with Gasteiger partial charge in [-0.15, -0.1) is 0 Å². The van der Waals surface area contributed by atoms with Gasteiger partial charge in [-0.3, -0.25) is 0 Å². The zero-order valence-corrected chi connectivity index (χ0v) is 11.2. The van der Waals surface area contributed by atoms with Crippen LogP contribution in [0.4, 0.5) is 0 Å². The van der Waals surface area contributed by atoms with Crippen molar-refractivity contribution in [3.63, 3.8) is 0 Å². The van der Waals surface area contributed by atoms with Crippen LogP contribution in [0.15, 0.2) is 12.2 Å². The minimum atomic E-state index is 0.139. The van der Waals surface area contributed by atoms with E-state index in [1.54, 1.807) is 14.2 Å². The predicted octanol–water partition coefficient (Wildman–Crippen LogP) is 3.28. The lowest BCUT2D eigenvalue weighted by Crippen LogP contribution is -2.43. The van der Waals surface area contributed by atoms with E-state index in [1.165, 1.54) is 19.3 Å². The molecule has 94 valence electrons. The van der Waals surface area contributed by atoms with Crippen LogP contribution in [0.5, 0.6) is 0 Å². The fourth-order valence-corrected chi connectivity index (χ4v) is 2.85. The van der Waals surface area contributed by atoms with Crippen LogP contribution in [0.1, 0.15) is 33.1 Å². The highest BCUT2D eigenvalue weighted by Gasteiger charge is 2.40. The quantitative estimate of drug-likeness (QED) is 0.647. The van der Waals surface area contributed by atoms with Gasteiger partial charge in [-0.1, -0.05) is 26.0 Å². The molecular weight excluding hydrogens is 200 g/mol. The minimum absolute atomic E-state index is 0.139. The van der Waals surface area contributed by atoms with Crippen LogP contribution in [-0.2, 0) is 9.47 Å². The number of methoxy groups -OCH3 is 2. The van der Waals surface area contributed by atoms with E-state index in [9.17, 15) is 0 Å². The lowest BCUT2D eigenvalue weighted by Gasteiger charge is -2.43. The molecule has 1 unspecified atom stereocenters. The van der Waals surface area contributed by atoms with Gasteiger partial charge in [0.05, 0.1) is 13.2 Å². The van der Waals surface area contributed by atoms with Gasteiger partial charge in [0, 0.05) is 19.6 Å². The standard InChI is InChI=1S/C14H26O2/c1-12(2)14(10-15-3,11-16-4)13-8-6-5-7-9-13/h6,8,12-13H,5,7,9-11H2,1-4H3. The van der Waals surface area contributed by atoms with E-state index >= 15 is 0 Å². The van der Waals surface area contributed by atoms with E-state index in [-0.39, 0.29) is 5.41 Å². The van der Waals surface area contributed by atoms with Crippen molar-refractivity contribution in [2.45, 2.75) is 33.1 Å². The number of ether oxygens (including phenoxy) is 2. The second-order valence-corrected chi connectivity index (χ2v) is 5.22. The molecule has 1 aliphatic carbocycles. The molecule has 2 heteroatoms. The molecule has 0 aliphatic heterocycles. The van der Waals surface area contributed by atoms with E-state index in [0.29, 0.717) is 11.8 Å². The third kappa shape index (κ3) is 2.86. The van der Waals surface area contributed by atoms with Crippen LogP contribution in [-0.4, -0.2) is 27.4 Å². The Balaban J connectivity index is 2.88. The summed E-state index contributed by atoms with van der Waals surface area (Å²) in [5.74, 6) is 1.17. The van der Waals surface area contributed by atoms with Gasteiger partial charge in [0.1, 0.15) is 0 Å². The fourth-order valence-electron chi connectivity index (χ4n) is 2.85. The molecule has 0 radical (unpaired) electrons. The van der Waals surface area contributed by atoms with Gasteiger partial charge in [0.25, 0.3) is 0 Å². The number of hydrogen-bond donors (Lipinski definition) is 0. The average molecular weight is 226 g/mol. The van der Waals surface area contributed by atoms with Crippen molar-refractivity contribution in [2.24, 2.45) is 17.3 Å². The van der Waals surface area contributed by atoms with Crippen molar-refractivity contribution >= 4 is 0 Å². The third-order valence-electron chi connectivity index (χ3n) is 3.97. The smallest absolute Gasteiger partial charge is 0.0548 e. The molecule has 0 aromatic heterocycles. The fraction of sp³-hybridized carbons (Fsp3) is 0.857. The SMILES string of the molecule is COCC(COC)(C(C)C)C1C=CCCC1. The Kier molecular flexibility index (Phi) is 5.50. The molecule has 0 amide bonds. The molecule has 2 nitrogen and oxygen atoms in total. The summed E-state index contributed by atoms with van der Waals surface area (Å²) in [5, 5.41) is 0. The first-order chi connectivity index (χ1) is 7.67. The zero-order chi connectivity index (χ0) is 12.0. The molecule has 0 N–H and O–H groups in total. The Bertz CT molecular complexity index is 215. The molecule has 0 aromatic carbocycles. The molecule has 0 aromatic rings. The van der Waals surface area contributed by atoms with Crippen LogP contribution in [0.2, 0.25) is 0 Å². The highest BCUT2D eigenvalue weighted by molar-refractivity contribution is 5.03. The first kappa shape index (κ1) is 13.7. The van der Waals surface area contributed by atoms with Gasteiger partial charge in [0.2, 0.25) is 0 Å². The highest BCUT2D eigenvalue weighted by Crippen LogP contribution is 2.41. The second kappa shape index (κ2) is 6.41. The molecular formula is C14H26O2. The molecule has 1 aliphatic rings. The maximum absolute atomic E-state index is 5.46. The second-order valence-electron chi connectivity index (χ2n) is 5.22. The molecule has 0 fully saturated rings. The average Bonchev–Trinajstić information content (AvgIpc) is 2.29. The van der Waals surface area contributed by atoms with Crippen LogP contribution in [0.25, 0.3) is 0 Å². The van der Waals surface area contributed by atoms with Crippen molar-refractivity contribution in [3.8, 4) is 0 Å². The maximum atomic E-state index is 5.46. The molecule has 0 heterocycles. The topological polar surface area (TPSA) is 18.5 Å². The van der Waals surface area contributed by atoms with Crippen molar-refractivity contribution in [3.05, 3.63) is 12.2 Å². The Hall–Kier alpha value is -0.340. The Morgan fingerprint density at radius 2 is 1.88 bits per heavy atom. The monoisotopic (exact) mass is 226 g/mol. The Morgan fingerprint density at radius 1 is 1.25 bits per heavy atom. The number of hydrogen-bond acceptors (Lipinski definition) is 2. The van der Waals surface area contributed by atoms with E-state index in [2.05, 4.69) is 26.0 Å². The molecule has 0 saturated carbocycles. The van der Waals surface area contributed by atoms with Crippen molar-refractivity contribution in [2.75, 3.05) is 27.4 Å². The van der Waals surface area contributed by atoms with Crippen molar-refractivity contribution in [1.82, 2.24) is 0 Å². The summed E-state index contributed by atoms with van der Waals surface area (Å²) in [7, 11) is 3.58. The number of allylic oxidation sites excluding steroid dienone is 2.